The van der Waals surface area contributed by atoms with Crippen molar-refractivity contribution in [2.75, 3.05) is 19.5 Å². The van der Waals surface area contributed by atoms with Gasteiger partial charge in [-0.15, -0.1) is 0 Å². The number of methoxy groups -OCH3 is 2. The number of ether oxygens (including phenoxy) is 2. The van der Waals surface area contributed by atoms with Gasteiger partial charge in [0.2, 0.25) is 17.0 Å². The van der Waals surface area contributed by atoms with E-state index in [-0.39, 0.29) is 18.0 Å². The highest BCUT2D eigenvalue weighted by atomic mass is 16.5. The zero-order valence-corrected chi connectivity index (χ0v) is 12.4. The van der Waals surface area contributed by atoms with E-state index in [0.29, 0.717) is 17.2 Å². The molecule has 0 aliphatic heterocycles. The smallest absolute Gasteiger partial charge is 0.430 e. The maximum atomic E-state index is 12.1. The molecule has 0 atom stereocenters. The third-order valence-electron chi connectivity index (χ3n) is 3.09. The molecular weight excluding hydrogens is 282 g/mol. The Hall–Kier alpha value is -3.07. The topological polar surface area (TPSA) is 75.7 Å². The number of nitrogens with one attached hydrogen (secondary N) is 1. The second-order valence-corrected chi connectivity index (χ2v) is 4.53. The molecule has 0 saturated heterocycles. The summed E-state index contributed by atoms with van der Waals surface area (Å²) in [6.45, 7) is 0. The van der Waals surface area contributed by atoms with Crippen molar-refractivity contribution in [2.24, 2.45) is 0 Å². The van der Waals surface area contributed by atoms with E-state index in [1.807, 2.05) is 30.3 Å². The number of carbonyl (C=O) groups excluding carboxylic acids is 1. The van der Waals surface area contributed by atoms with Gasteiger partial charge < -0.3 is 14.8 Å². The fourth-order valence-electron chi connectivity index (χ4n) is 2.03. The Bertz CT molecular complexity index is 709. The van der Waals surface area contributed by atoms with E-state index in [4.69, 9.17) is 14.9 Å². The lowest BCUT2D eigenvalue weighted by molar-refractivity contribution is -0.115. The molecule has 0 aromatic heterocycles. The summed E-state index contributed by atoms with van der Waals surface area (Å²) in [6, 6.07) is 12.4. The van der Waals surface area contributed by atoms with Crippen LogP contribution in [0.2, 0.25) is 0 Å². The molecule has 2 aromatic carbocycles. The monoisotopic (exact) mass is 298 g/mol. The number of benzene rings is 2. The van der Waals surface area contributed by atoms with Gasteiger partial charge in [0.05, 0.1) is 32.4 Å². The van der Waals surface area contributed by atoms with Crippen molar-refractivity contribution in [2.45, 2.75) is 6.42 Å². The molecule has 2 aromatic rings. The lowest BCUT2D eigenvalue weighted by Gasteiger charge is -2.10. The van der Waals surface area contributed by atoms with Crippen molar-refractivity contribution >= 4 is 17.3 Å². The van der Waals surface area contributed by atoms with Crippen LogP contribution in [0.15, 0.2) is 42.5 Å². The van der Waals surface area contributed by atoms with Crippen molar-refractivity contribution in [3.05, 3.63) is 53.0 Å². The summed E-state index contributed by atoms with van der Waals surface area (Å²) < 4.78 is 10.3. The minimum absolute atomic E-state index is 0.180. The van der Waals surface area contributed by atoms with Crippen LogP contribution in [0.1, 0.15) is 5.56 Å². The predicted octanol–water partition coefficient (Wildman–Crippen LogP) is 3.37. The summed E-state index contributed by atoms with van der Waals surface area (Å²) in [5, 5.41) is 11.7. The molecule has 2 rings (SSSR count). The van der Waals surface area contributed by atoms with Crippen LogP contribution < -0.4 is 14.8 Å². The Morgan fingerprint density at radius 1 is 1.14 bits per heavy atom. The van der Waals surface area contributed by atoms with Gasteiger partial charge in [-0.05, 0) is 5.56 Å². The number of hydrogen-bond acceptors (Lipinski definition) is 4. The van der Waals surface area contributed by atoms with Crippen molar-refractivity contribution < 1.29 is 14.3 Å². The molecule has 0 bridgehead atoms. The van der Waals surface area contributed by atoms with E-state index in [9.17, 15) is 4.79 Å². The molecule has 1 N–H and O–H groups in total. The predicted molar refractivity (Wildman–Crippen MR) is 83.1 cm³/mol. The molecule has 6 heteroatoms. The zero-order chi connectivity index (χ0) is 15.9. The van der Waals surface area contributed by atoms with Gasteiger partial charge in [-0.25, -0.2) is 0 Å². The molecule has 112 valence electrons. The fraction of sp³-hybridized carbons (Fsp3) is 0.188. The van der Waals surface area contributed by atoms with Crippen LogP contribution >= 0.6 is 0 Å². The summed E-state index contributed by atoms with van der Waals surface area (Å²) in [5.41, 5.74) is 1.58. The first-order chi connectivity index (χ1) is 10.7. The maximum absolute atomic E-state index is 12.1. The summed E-state index contributed by atoms with van der Waals surface area (Å²) in [7, 11) is 2.92. The number of nitrogens with zero attached hydrogens (tertiary/aromatic N) is 2. The van der Waals surface area contributed by atoms with Crippen molar-refractivity contribution in [1.82, 2.24) is 0 Å². The van der Waals surface area contributed by atoms with E-state index >= 15 is 0 Å². The van der Waals surface area contributed by atoms with E-state index in [0.717, 1.165) is 5.56 Å². The van der Waals surface area contributed by atoms with Gasteiger partial charge >= 0.3 is 5.69 Å². The fourth-order valence-corrected chi connectivity index (χ4v) is 2.03. The minimum Gasteiger partial charge on any atom is -0.494 e. The van der Waals surface area contributed by atoms with Crippen molar-refractivity contribution in [3.63, 3.8) is 0 Å². The lowest BCUT2D eigenvalue weighted by atomic mass is 10.1. The normalized spacial score (nSPS) is 9.68. The quantitative estimate of drug-likeness (QED) is 0.859. The standard InChI is InChI=1S/C16H15N3O3/c1-21-14-10-13(19-17)15(22-2)9-12(14)18-16(20)8-11-6-4-3-5-7-11/h3-7,9-10H,8H2,1-2H3/p+1. The van der Waals surface area contributed by atoms with E-state index in [1.54, 1.807) is 6.07 Å². The van der Waals surface area contributed by atoms with Gasteiger partial charge in [0.25, 0.3) is 0 Å². The average Bonchev–Trinajstić information content (AvgIpc) is 2.55. The van der Waals surface area contributed by atoms with Crippen LogP contribution in [0, 0.1) is 5.39 Å². The van der Waals surface area contributed by atoms with E-state index in [1.165, 1.54) is 20.3 Å². The highest BCUT2D eigenvalue weighted by Crippen LogP contribution is 2.38. The summed E-state index contributed by atoms with van der Waals surface area (Å²) in [5.74, 6) is 0.536. The summed E-state index contributed by atoms with van der Waals surface area (Å²) in [4.78, 5) is 15.2. The van der Waals surface area contributed by atoms with Crippen LogP contribution in [-0.4, -0.2) is 20.1 Å². The Morgan fingerprint density at radius 3 is 2.41 bits per heavy atom. The third kappa shape index (κ3) is 3.52. The number of amides is 1. The number of hydrogen-bond donors (Lipinski definition) is 1. The SMILES string of the molecule is COc1cc(NC(=O)Cc2ccccc2)c(OC)cc1[N+]#N. The Morgan fingerprint density at radius 2 is 1.82 bits per heavy atom. The first kappa shape index (κ1) is 15.3. The first-order valence-corrected chi connectivity index (χ1v) is 6.62. The van der Waals surface area contributed by atoms with Crippen LogP contribution in [0.3, 0.4) is 0 Å². The molecule has 1 amide bonds. The van der Waals surface area contributed by atoms with Gasteiger partial charge in [-0.3, -0.25) is 4.79 Å². The molecule has 22 heavy (non-hydrogen) atoms. The van der Waals surface area contributed by atoms with Crippen LogP contribution in [-0.2, 0) is 11.2 Å². The third-order valence-corrected chi connectivity index (χ3v) is 3.09. The van der Waals surface area contributed by atoms with Gasteiger partial charge in [0, 0.05) is 6.07 Å². The number of diazo groups is 1. The molecule has 0 heterocycles. The Kier molecular flexibility index (Phi) is 4.94. The zero-order valence-electron chi connectivity index (χ0n) is 12.4. The van der Waals surface area contributed by atoms with E-state index in [2.05, 4.69) is 10.3 Å². The minimum atomic E-state index is -0.180. The Balaban J connectivity index is 2.21. The molecule has 6 nitrogen and oxygen atoms in total. The second-order valence-electron chi connectivity index (χ2n) is 4.53. The van der Waals surface area contributed by atoms with Crippen LogP contribution in [0.5, 0.6) is 11.5 Å². The average molecular weight is 298 g/mol. The van der Waals surface area contributed by atoms with Crippen LogP contribution in [0.4, 0.5) is 11.4 Å². The molecule has 0 unspecified atom stereocenters. The molecule has 0 aliphatic carbocycles. The van der Waals surface area contributed by atoms with Crippen molar-refractivity contribution in [1.29, 1.82) is 5.39 Å². The second kappa shape index (κ2) is 7.09. The van der Waals surface area contributed by atoms with Gasteiger partial charge in [-0.2, -0.15) is 0 Å². The number of anilines is 1. The summed E-state index contributed by atoms with van der Waals surface area (Å²) >= 11 is 0. The first-order valence-electron chi connectivity index (χ1n) is 6.62. The largest absolute Gasteiger partial charge is 0.494 e. The highest BCUT2D eigenvalue weighted by molar-refractivity contribution is 5.94. The summed E-state index contributed by atoms with van der Waals surface area (Å²) in [6.07, 6.45) is 0.248. The molecule has 0 saturated carbocycles. The number of carbonyl (C=O) groups is 1. The van der Waals surface area contributed by atoms with Crippen LogP contribution in [0.25, 0.3) is 4.98 Å². The van der Waals surface area contributed by atoms with E-state index < -0.39 is 0 Å². The van der Waals surface area contributed by atoms with Gasteiger partial charge in [-0.1, -0.05) is 30.3 Å². The lowest BCUT2D eigenvalue weighted by Crippen LogP contribution is -2.15. The number of rotatable bonds is 5. The molecular formula is C16H16N3O3+. The molecule has 0 spiro atoms. The van der Waals surface area contributed by atoms with Gasteiger partial charge in [0.1, 0.15) is 0 Å². The molecule has 0 fully saturated rings. The maximum Gasteiger partial charge on any atom is 0.430 e. The van der Waals surface area contributed by atoms with Crippen molar-refractivity contribution in [3.8, 4) is 11.5 Å². The Labute approximate surface area is 128 Å². The van der Waals surface area contributed by atoms with Gasteiger partial charge in [0.15, 0.2) is 10.7 Å². The molecule has 0 aliphatic rings. The molecule has 0 radical (unpaired) electrons. The highest BCUT2D eigenvalue weighted by Gasteiger charge is 2.21.